The van der Waals surface area contributed by atoms with Crippen molar-refractivity contribution < 1.29 is 29.0 Å². The summed E-state index contributed by atoms with van der Waals surface area (Å²) in [6.45, 7) is 5.18. The first kappa shape index (κ1) is 35.4. The van der Waals surface area contributed by atoms with E-state index in [1.165, 1.54) is 89.9 Å². The standard InChI is InChI=1S/C33H60O6/c1-3-5-7-9-11-13-15-17-19-21-25-38-32(36)29-24-23-28(31(34)35)27-30(29)33(37)39-26-22-20-18-16-14-12-10-8-6-4-2/h28-30H,3-27H2,1-2H3,(H,34,35). The topological polar surface area (TPSA) is 89.9 Å². The van der Waals surface area contributed by atoms with Crippen LogP contribution in [0.15, 0.2) is 0 Å². The number of carbonyl (C=O) groups excluding carboxylic acids is 2. The molecule has 0 heterocycles. The normalized spacial score (nSPS) is 19.1. The predicted molar refractivity (Wildman–Crippen MR) is 158 cm³/mol. The number of hydrogen-bond acceptors (Lipinski definition) is 5. The molecular formula is C33H60O6. The maximum absolute atomic E-state index is 12.9. The van der Waals surface area contributed by atoms with Gasteiger partial charge in [-0.2, -0.15) is 0 Å². The van der Waals surface area contributed by atoms with E-state index in [1.807, 2.05) is 0 Å². The summed E-state index contributed by atoms with van der Waals surface area (Å²) >= 11 is 0. The van der Waals surface area contributed by atoms with Crippen LogP contribution in [-0.4, -0.2) is 36.2 Å². The minimum Gasteiger partial charge on any atom is -0.481 e. The fraction of sp³-hybridized carbons (Fsp3) is 0.909. The Kier molecular flexibility index (Phi) is 22.0. The number of ether oxygens (including phenoxy) is 2. The van der Waals surface area contributed by atoms with Crippen LogP contribution >= 0.6 is 0 Å². The molecule has 0 aromatic heterocycles. The van der Waals surface area contributed by atoms with Crippen molar-refractivity contribution in [3.63, 3.8) is 0 Å². The van der Waals surface area contributed by atoms with Crippen molar-refractivity contribution in [3.05, 3.63) is 0 Å². The lowest BCUT2D eigenvalue weighted by Gasteiger charge is -2.31. The van der Waals surface area contributed by atoms with Gasteiger partial charge in [-0.25, -0.2) is 0 Å². The number of unbranched alkanes of at least 4 members (excludes halogenated alkanes) is 18. The number of aliphatic carboxylic acids is 1. The average Bonchev–Trinajstić information content (AvgIpc) is 2.94. The summed E-state index contributed by atoms with van der Waals surface area (Å²) in [6, 6.07) is 0. The van der Waals surface area contributed by atoms with E-state index in [-0.39, 0.29) is 12.4 Å². The van der Waals surface area contributed by atoms with E-state index in [0.717, 1.165) is 38.5 Å². The van der Waals surface area contributed by atoms with Crippen LogP contribution in [0.5, 0.6) is 0 Å². The summed E-state index contributed by atoms with van der Waals surface area (Å²) < 4.78 is 11.1. The van der Waals surface area contributed by atoms with Crippen molar-refractivity contribution in [1.82, 2.24) is 0 Å². The van der Waals surface area contributed by atoms with Crippen LogP contribution in [0.3, 0.4) is 0 Å². The summed E-state index contributed by atoms with van der Waals surface area (Å²) in [5.41, 5.74) is 0. The molecule has 3 unspecified atom stereocenters. The zero-order valence-electron chi connectivity index (χ0n) is 25.4. The quantitative estimate of drug-likeness (QED) is 0.0897. The van der Waals surface area contributed by atoms with Gasteiger partial charge in [0.15, 0.2) is 0 Å². The maximum Gasteiger partial charge on any atom is 0.309 e. The third-order valence-corrected chi connectivity index (χ3v) is 8.29. The summed E-state index contributed by atoms with van der Waals surface area (Å²) in [5, 5.41) is 9.49. The van der Waals surface area contributed by atoms with Crippen molar-refractivity contribution in [2.24, 2.45) is 17.8 Å². The molecule has 0 amide bonds. The van der Waals surface area contributed by atoms with Crippen LogP contribution in [0.4, 0.5) is 0 Å². The van der Waals surface area contributed by atoms with E-state index in [0.29, 0.717) is 26.1 Å². The lowest BCUT2D eigenvalue weighted by atomic mass is 9.74. The van der Waals surface area contributed by atoms with Crippen molar-refractivity contribution in [3.8, 4) is 0 Å². The molecule has 0 aliphatic heterocycles. The Morgan fingerprint density at radius 2 is 0.897 bits per heavy atom. The molecule has 6 heteroatoms. The Bertz CT molecular complexity index is 634. The first-order chi connectivity index (χ1) is 19.0. The minimum atomic E-state index is -0.903. The van der Waals surface area contributed by atoms with Crippen LogP contribution < -0.4 is 0 Å². The molecule has 0 aromatic carbocycles. The lowest BCUT2D eigenvalue weighted by Crippen LogP contribution is -2.39. The van der Waals surface area contributed by atoms with E-state index < -0.39 is 29.7 Å². The van der Waals surface area contributed by atoms with Crippen LogP contribution in [-0.2, 0) is 23.9 Å². The number of rotatable bonds is 25. The van der Waals surface area contributed by atoms with Gasteiger partial charge in [-0.05, 0) is 32.1 Å². The van der Waals surface area contributed by atoms with Gasteiger partial charge < -0.3 is 14.6 Å². The summed E-state index contributed by atoms with van der Waals surface area (Å²) in [4.78, 5) is 37.3. The third-order valence-electron chi connectivity index (χ3n) is 8.29. The van der Waals surface area contributed by atoms with Gasteiger partial charge in [-0.1, -0.05) is 129 Å². The highest BCUT2D eigenvalue weighted by Gasteiger charge is 2.43. The predicted octanol–water partition coefficient (Wildman–Crippen LogP) is 9.03. The fourth-order valence-electron chi connectivity index (χ4n) is 5.68. The molecule has 0 radical (unpaired) electrons. The molecule has 0 bridgehead atoms. The maximum atomic E-state index is 12.9. The molecule has 0 aromatic rings. The first-order valence-electron chi connectivity index (χ1n) is 16.6. The van der Waals surface area contributed by atoms with Gasteiger partial charge in [0.05, 0.1) is 31.0 Å². The third kappa shape index (κ3) is 17.7. The zero-order valence-corrected chi connectivity index (χ0v) is 25.4. The first-order valence-corrected chi connectivity index (χ1v) is 16.6. The Morgan fingerprint density at radius 1 is 0.538 bits per heavy atom. The van der Waals surface area contributed by atoms with Gasteiger partial charge >= 0.3 is 17.9 Å². The number of carboxylic acids is 1. The zero-order chi connectivity index (χ0) is 28.6. The summed E-state index contributed by atoms with van der Waals surface area (Å²) in [7, 11) is 0. The van der Waals surface area contributed by atoms with Gasteiger partial charge in [0.25, 0.3) is 0 Å². The highest BCUT2D eigenvalue weighted by molar-refractivity contribution is 5.83. The molecule has 1 N–H and O–H groups in total. The highest BCUT2D eigenvalue weighted by atomic mass is 16.5. The molecule has 6 nitrogen and oxygen atoms in total. The summed E-state index contributed by atoms with van der Waals surface area (Å²) in [6.07, 6.45) is 25.1. The SMILES string of the molecule is CCCCCCCCCCCCOC(=O)C1CCC(C(=O)O)CC1C(=O)OCCCCCCCCCCCC. The van der Waals surface area contributed by atoms with E-state index in [1.54, 1.807) is 0 Å². The number of carbonyl (C=O) groups is 3. The molecule has 1 aliphatic rings. The smallest absolute Gasteiger partial charge is 0.309 e. The molecule has 1 aliphatic carbocycles. The largest absolute Gasteiger partial charge is 0.481 e. The second-order valence-electron chi connectivity index (χ2n) is 11.8. The van der Waals surface area contributed by atoms with Gasteiger partial charge in [-0.15, -0.1) is 0 Å². The van der Waals surface area contributed by atoms with E-state index in [9.17, 15) is 19.5 Å². The van der Waals surface area contributed by atoms with E-state index >= 15 is 0 Å². The Balaban J connectivity index is 2.27. The van der Waals surface area contributed by atoms with E-state index in [4.69, 9.17) is 9.47 Å². The Labute approximate surface area is 239 Å². The van der Waals surface area contributed by atoms with Crippen LogP contribution in [0.1, 0.15) is 162 Å². The van der Waals surface area contributed by atoms with Crippen LogP contribution in [0.25, 0.3) is 0 Å². The van der Waals surface area contributed by atoms with Gasteiger partial charge in [-0.3, -0.25) is 14.4 Å². The molecule has 1 saturated carbocycles. The molecule has 1 fully saturated rings. The molecular weight excluding hydrogens is 492 g/mol. The molecule has 39 heavy (non-hydrogen) atoms. The van der Waals surface area contributed by atoms with Crippen molar-refractivity contribution in [1.29, 1.82) is 0 Å². The van der Waals surface area contributed by atoms with Crippen molar-refractivity contribution in [2.75, 3.05) is 13.2 Å². The van der Waals surface area contributed by atoms with E-state index in [2.05, 4.69) is 13.8 Å². The van der Waals surface area contributed by atoms with Gasteiger partial charge in [0.1, 0.15) is 0 Å². The second kappa shape index (κ2) is 24.2. The average molecular weight is 553 g/mol. The monoisotopic (exact) mass is 552 g/mol. The van der Waals surface area contributed by atoms with Crippen LogP contribution in [0, 0.1) is 17.8 Å². The van der Waals surface area contributed by atoms with Crippen LogP contribution in [0.2, 0.25) is 0 Å². The highest BCUT2D eigenvalue weighted by Crippen LogP contribution is 2.36. The van der Waals surface area contributed by atoms with Gasteiger partial charge in [0, 0.05) is 0 Å². The van der Waals surface area contributed by atoms with Crippen molar-refractivity contribution in [2.45, 2.75) is 162 Å². The molecule has 1 rings (SSSR count). The number of esters is 2. The fourth-order valence-corrected chi connectivity index (χ4v) is 5.68. The number of carboxylic acid groups (broad SMARTS) is 1. The number of hydrogen-bond donors (Lipinski definition) is 1. The Hall–Kier alpha value is -1.59. The molecule has 228 valence electrons. The molecule has 0 spiro atoms. The second-order valence-corrected chi connectivity index (χ2v) is 11.8. The molecule has 0 saturated heterocycles. The van der Waals surface area contributed by atoms with Crippen molar-refractivity contribution >= 4 is 17.9 Å². The minimum absolute atomic E-state index is 0.157. The summed E-state index contributed by atoms with van der Waals surface area (Å²) in [5.74, 6) is -3.62. The lowest BCUT2D eigenvalue weighted by molar-refractivity contribution is -0.166. The molecule has 3 atom stereocenters. The Morgan fingerprint density at radius 3 is 1.28 bits per heavy atom. The van der Waals surface area contributed by atoms with Gasteiger partial charge in [0.2, 0.25) is 0 Å².